The van der Waals surface area contributed by atoms with Gasteiger partial charge in [-0.1, -0.05) is 18.2 Å². The highest BCUT2D eigenvalue weighted by Gasteiger charge is 2.27. The van der Waals surface area contributed by atoms with Gasteiger partial charge in [-0.2, -0.15) is 0 Å². The molecule has 0 radical (unpaired) electrons. The van der Waals surface area contributed by atoms with Crippen molar-refractivity contribution in [3.63, 3.8) is 0 Å². The molecule has 1 heterocycles. The van der Waals surface area contributed by atoms with Gasteiger partial charge in [0.25, 0.3) is 0 Å². The first-order valence-corrected chi connectivity index (χ1v) is 6.89. The molecule has 0 spiro atoms. The van der Waals surface area contributed by atoms with Crippen LogP contribution in [0.2, 0.25) is 0 Å². The molecular weight excluding hydrogens is 208 g/mol. The Hall–Kier alpha value is -1.02. The Balaban J connectivity index is 1.68. The number of nitrogens with one attached hydrogen (secondary N) is 1. The number of para-hydroxylation sites is 1. The van der Waals surface area contributed by atoms with E-state index in [0.29, 0.717) is 6.04 Å². The third-order valence-electron chi connectivity index (χ3n) is 3.93. The van der Waals surface area contributed by atoms with Crippen molar-refractivity contribution in [1.29, 1.82) is 0 Å². The maximum absolute atomic E-state index is 3.77. The van der Waals surface area contributed by atoms with E-state index in [-0.39, 0.29) is 0 Å². The van der Waals surface area contributed by atoms with E-state index in [1.807, 2.05) is 0 Å². The number of hydrogen-bond acceptors (Lipinski definition) is 2. The fraction of sp³-hybridized carbons (Fsp3) is 0.600. The molecule has 2 heteroatoms. The van der Waals surface area contributed by atoms with E-state index in [1.165, 1.54) is 50.0 Å². The Labute approximate surface area is 104 Å². The van der Waals surface area contributed by atoms with E-state index in [9.17, 15) is 0 Å². The van der Waals surface area contributed by atoms with Crippen molar-refractivity contribution in [2.24, 2.45) is 0 Å². The lowest BCUT2D eigenvalue weighted by Crippen LogP contribution is -2.46. The molecule has 2 aliphatic rings. The molecule has 2 nitrogen and oxygen atoms in total. The van der Waals surface area contributed by atoms with Crippen LogP contribution in [-0.2, 0) is 0 Å². The summed E-state index contributed by atoms with van der Waals surface area (Å²) in [4.78, 5) is 2.55. The van der Waals surface area contributed by atoms with Gasteiger partial charge in [0.2, 0.25) is 0 Å². The van der Waals surface area contributed by atoms with Gasteiger partial charge in [0.1, 0.15) is 0 Å². The Morgan fingerprint density at radius 2 is 1.94 bits per heavy atom. The molecule has 1 aliphatic carbocycles. The van der Waals surface area contributed by atoms with E-state index in [1.54, 1.807) is 0 Å². The predicted octanol–water partition coefficient (Wildman–Crippen LogP) is 2.72. The number of rotatable bonds is 3. The molecule has 1 aromatic carbocycles. The zero-order valence-corrected chi connectivity index (χ0v) is 10.7. The molecule has 17 heavy (non-hydrogen) atoms. The largest absolute Gasteiger partial charge is 0.370 e. The summed E-state index contributed by atoms with van der Waals surface area (Å²) < 4.78 is 0. The predicted molar refractivity (Wildman–Crippen MR) is 72.6 cm³/mol. The van der Waals surface area contributed by atoms with Crippen molar-refractivity contribution >= 4 is 5.69 Å². The molecule has 0 aromatic heterocycles. The van der Waals surface area contributed by atoms with E-state index < -0.39 is 0 Å². The minimum atomic E-state index is 0.704. The van der Waals surface area contributed by atoms with E-state index in [0.717, 1.165) is 6.04 Å². The van der Waals surface area contributed by atoms with E-state index >= 15 is 0 Å². The fourth-order valence-corrected chi connectivity index (χ4v) is 2.83. The van der Waals surface area contributed by atoms with Crippen LogP contribution in [-0.4, -0.2) is 25.2 Å². The minimum absolute atomic E-state index is 0.704. The number of piperidine rings is 1. The van der Waals surface area contributed by atoms with Crippen LogP contribution >= 0.6 is 0 Å². The van der Waals surface area contributed by atoms with Gasteiger partial charge in [0.05, 0.1) is 0 Å². The van der Waals surface area contributed by atoms with Gasteiger partial charge in [0.15, 0.2) is 0 Å². The molecule has 1 N–H and O–H groups in total. The molecule has 1 aliphatic heterocycles. The van der Waals surface area contributed by atoms with Crippen molar-refractivity contribution < 1.29 is 0 Å². The van der Waals surface area contributed by atoms with Crippen molar-refractivity contribution in [2.75, 3.05) is 18.0 Å². The Kier molecular flexibility index (Phi) is 3.06. The molecule has 1 aromatic rings. The van der Waals surface area contributed by atoms with Gasteiger partial charge >= 0.3 is 0 Å². The summed E-state index contributed by atoms with van der Waals surface area (Å²) in [5.74, 6) is 0. The molecular formula is C15H22N2. The molecule has 1 saturated carbocycles. The van der Waals surface area contributed by atoms with Crippen molar-refractivity contribution in [1.82, 2.24) is 5.32 Å². The van der Waals surface area contributed by atoms with Crippen LogP contribution < -0.4 is 10.2 Å². The highest BCUT2D eigenvalue weighted by Crippen LogP contribution is 2.26. The number of anilines is 1. The van der Waals surface area contributed by atoms with E-state index in [4.69, 9.17) is 0 Å². The summed E-state index contributed by atoms with van der Waals surface area (Å²) in [6.07, 6.45) is 5.44. The molecule has 1 atom stereocenters. The van der Waals surface area contributed by atoms with Crippen LogP contribution in [0.5, 0.6) is 0 Å². The second-order valence-corrected chi connectivity index (χ2v) is 5.51. The van der Waals surface area contributed by atoms with Crippen LogP contribution in [0.3, 0.4) is 0 Å². The molecule has 1 saturated heterocycles. The van der Waals surface area contributed by atoms with Crippen LogP contribution in [0.4, 0.5) is 5.69 Å². The second kappa shape index (κ2) is 4.69. The first-order valence-electron chi connectivity index (χ1n) is 6.89. The number of nitrogens with zero attached hydrogens (tertiary/aromatic N) is 1. The van der Waals surface area contributed by atoms with Gasteiger partial charge in [-0.3, -0.25) is 0 Å². The smallest absolute Gasteiger partial charge is 0.0396 e. The van der Waals surface area contributed by atoms with Gasteiger partial charge in [-0.15, -0.1) is 0 Å². The van der Waals surface area contributed by atoms with E-state index in [2.05, 4.69) is 41.4 Å². The molecule has 3 rings (SSSR count). The van der Waals surface area contributed by atoms with Crippen molar-refractivity contribution in [2.45, 2.75) is 44.7 Å². The van der Waals surface area contributed by atoms with Crippen LogP contribution in [0, 0.1) is 6.92 Å². The highest BCUT2D eigenvalue weighted by molar-refractivity contribution is 5.53. The zero-order valence-electron chi connectivity index (χ0n) is 10.7. The fourth-order valence-electron chi connectivity index (χ4n) is 2.83. The molecule has 92 valence electrons. The Bertz CT molecular complexity index is 384. The van der Waals surface area contributed by atoms with Gasteiger partial charge < -0.3 is 10.2 Å². The summed E-state index contributed by atoms with van der Waals surface area (Å²) >= 11 is 0. The van der Waals surface area contributed by atoms with Gasteiger partial charge in [-0.05, 0) is 44.2 Å². The lowest BCUT2D eigenvalue weighted by molar-refractivity contribution is 0.420. The Morgan fingerprint density at radius 1 is 1.12 bits per heavy atom. The van der Waals surface area contributed by atoms with Crippen LogP contribution in [0.25, 0.3) is 0 Å². The quantitative estimate of drug-likeness (QED) is 0.859. The molecule has 0 amide bonds. The normalized spacial score (nSPS) is 25.0. The first-order chi connectivity index (χ1) is 8.33. The lowest BCUT2D eigenvalue weighted by atomic mass is 10.0. The summed E-state index contributed by atoms with van der Waals surface area (Å²) in [6, 6.07) is 10.3. The number of hydrogen-bond donors (Lipinski definition) is 1. The first kappa shape index (κ1) is 11.1. The maximum Gasteiger partial charge on any atom is 0.0396 e. The molecule has 0 bridgehead atoms. The van der Waals surface area contributed by atoms with Crippen LogP contribution in [0.1, 0.15) is 31.2 Å². The van der Waals surface area contributed by atoms with Crippen LogP contribution in [0.15, 0.2) is 24.3 Å². The summed E-state index contributed by atoms with van der Waals surface area (Å²) in [5.41, 5.74) is 2.83. The molecule has 1 unspecified atom stereocenters. The average molecular weight is 230 g/mol. The summed E-state index contributed by atoms with van der Waals surface area (Å²) in [5, 5.41) is 3.77. The summed E-state index contributed by atoms with van der Waals surface area (Å²) in [6.45, 7) is 4.61. The minimum Gasteiger partial charge on any atom is -0.370 e. The van der Waals surface area contributed by atoms with Gasteiger partial charge in [0, 0.05) is 30.9 Å². The topological polar surface area (TPSA) is 15.3 Å². The van der Waals surface area contributed by atoms with Crippen molar-refractivity contribution in [3.05, 3.63) is 29.8 Å². The Morgan fingerprint density at radius 3 is 2.71 bits per heavy atom. The number of aryl methyl sites for hydroxylation is 1. The highest BCUT2D eigenvalue weighted by atomic mass is 15.2. The maximum atomic E-state index is 3.77. The zero-order chi connectivity index (χ0) is 11.7. The standard InChI is InChI=1S/C15H22N2/c1-12-5-2-3-7-15(12)17-10-4-6-14(11-17)16-13-8-9-13/h2-3,5,7,13-14,16H,4,6,8-11H2,1H3. The molecule has 2 fully saturated rings. The monoisotopic (exact) mass is 230 g/mol. The SMILES string of the molecule is Cc1ccccc1N1CCCC(NC2CC2)C1. The average Bonchev–Trinajstić information content (AvgIpc) is 3.14. The summed E-state index contributed by atoms with van der Waals surface area (Å²) in [7, 11) is 0. The third-order valence-corrected chi connectivity index (χ3v) is 3.93. The van der Waals surface area contributed by atoms with Crippen molar-refractivity contribution in [3.8, 4) is 0 Å². The number of benzene rings is 1. The second-order valence-electron chi connectivity index (χ2n) is 5.51. The van der Waals surface area contributed by atoms with Gasteiger partial charge in [-0.25, -0.2) is 0 Å². The third kappa shape index (κ3) is 2.63. The lowest BCUT2D eigenvalue weighted by Gasteiger charge is -2.35.